The first kappa shape index (κ1) is 10.7. The molecule has 0 aromatic rings. The quantitative estimate of drug-likeness (QED) is 0.564. The zero-order chi connectivity index (χ0) is 9.02. The molecule has 0 heterocycles. The molecule has 0 spiro atoms. The highest BCUT2D eigenvalue weighted by Gasteiger charge is 2.14. The fraction of sp³-hybridized carbons (Fsp3) is 0.800. The highest BCUT2D eigenvalue weighted by atomic mass is 15.1. The second-order valence-corrected chi connectivity index (χ2v) is 3.53. The summed E-state index contributed by atoms with van der Waals surface area (Å²) in [5.74, 6) is 0. The van der Waals surface area contributed by atoms with Crippen molar-refractivity contribution in [1.82, 2.24) is 4.90 Å². The van der Waals surface area contributed by atoms with E-state index in [1.54, 1.807) is 0 Å². The van der Waals surface area contributed by atoms with Crippen LogP contribution in [-0.2, 0) is 0 Å². The number of nitrogens with zero attached hydrogens (tertiary/aromatic N) is 1. The SMILES string of the molecule is C=C(C)C(CC)N(C)C(C)C. The second kappa shape index (κ2) is 4.55. The Kier molecular flexibility index (Phi) is 4.43. The molecule has 0 fully saturated rings. The van der Waals surface area contributed by atoms with Gasteiger partial charge < -0.3 is 0 Å². The van der Waals surface area contributed by atoms with Crippen molar-refractivity contribution in [2.75, 3.05) is 7.05 Å². The molecule has 11 heavy (non-hydrogen) atoms. The van der Waals surface area contributed by atoms with Crippen molar-refractivity contribution in [3.05, 3.63) is 12.2 Å². The van der Waals surface area contributed by atoms with Crippen LogP contribution in [0.3, 0.4) is 0 Å². The van der Waals surface area contributed by atoms with E-state index < -0.39 is 0 Å². The van der Waals surface area contributed by atoms with Crippen LogP contribution in [0, 0.1) is 0 Å². The Labute approximate surface area is 71.1 Å². The molecule has 0 N–H and O–H groups in total. The van der Waals surface area contributed by atoms with E-state index >= 15 is 0 Å². The van der Waals surface area contributed by atoms with Gasteiger partial charge in [-0.15, -0.1) is 0 Å². The van der Waals surface area contributed by atoms with Crippen molar-refractivity contribution >= 4 is 0 Å². The second-order valence-electron chi connectivity index (χ2n) is 3.53. The summed E-state index contributed by atoms with van der Waals surface area (Å²) in [5.41, 5.74) is 1.27. The van der Waals surface area contributed by atoms with Crippen LogP contribution in [0.15, 0.2) is 12.2 Å². The van der Waals surface area contributed by atoms with Crippen LogP contribution in [0.1, 0.15) is 34.1 Å². The lowest BCUT2D eigenvalue weighted by atomic mass is 10.1. The van der Waals surface area contributed by atoms with E-state index in [1.807, 2.05) is 0 Å². The van der Waals surface area contributed by atoms with Crippen molar-refractivity contribution in [3.63, 3.8) is 0 Å². The molecule has 0 rings (SSSR count). The third kappa shape index (κ3) is 3.06. The molecule has 0 aliphatic rings. The Morgan fingerprint density at radius 3 is 2.00 bits per heavy atom. The molecule has 66 valence electrons. The Morgan fingerprint density at radius 2 is 1.91 bits per heavy atom. The summed E-state index contributed by atoms with van der Waals surface area (Å²) >= 11 is 0. The minimum Gasteiger partial charge on any atom is -0.297 e. The molecule has 1 atom stereocenters. The van der Waals surface area contributed by atoms with E-state index in [0.717, 1.165) is 6.42 Å². The van der Waals surface area contributed by atoms with Crippen LogP contribution >= 0.6 is 0 Å². The van der Waals surface area contributed by atoms with Gasteiger partial charge in [0.05, 0.1) is 0 Å². The van der Waals surface area contributed by atoms with Gasteiger partial charge in [0.2, 0.25) is 0 Å². The predicted octanol–water partition coefficient (Wildman–Crippen LogP) is 2.68. The molecule has 0 aromatic carbocycles. The lowest BCUT2D eigenvalue weighted by molar-refractivity contribution is 0.215. The Hall–Kier alpha value is -0.300. The molecule has 0 aliphatic heterocycles. The standard InChI is InChI=1S/C10H21N/c1-7-10(8(2)3)11(6)9(4)5/h9-10H,2,7H2,1,3-6H3. The van der Waals surface area contributed by atoms with E-state index in [4.69, 9.17) is 0 Å². The molecular weight excluding hydrogens is 134 g/mol. The van der Waals surface area contributed by atoms with Gasteiger partial charge in [0.15, 0.2) is 0 Å². The van der Waals surface area contributed by atoms with Gasteiger partial charge in [-0.25, -0.2) is 0 Å². The van der Waals surface area contributed by atoms with Crippen LogP contribution in [0.5, 0.6) is 0 Å². The zero-order valence-electron chi connectivity index (χ0n) is 8.52. The van der Waals surface area contributed by atoms with Gasteiger partial charge in [0.1, 0.15) is 0 Å². The Bertz CT molecular complexity index is 127. The number of hydrogen-bond donors (Lipinski definition) is 0. The fourth-order valence-corrected chi connectivity index (χ4v) is 1.34. The highest BCUT2D eigenvalue weighted by Crippen LogP contribution is 2.12. The Balaban J connectivity index is 4.14. The summed E-state index contributed by atoms with van der Waals surface area (Å²) in [4.78, 5) is 2.36. The lowest BCUT2D eigenvalue weighted by Crippen LogP contribution is -2.37. The summed E-state index contributed by atoms with van der Waals surface area (Å²) in [6, 6.07) is 1.16. The third-order valence-electron chi connectivity index (χ3n) is 2.26. The van der Waals surface area contributed by atoms with E-state index in [1.165, 1.54) is 5.57 Å². The molecular formula is C10H21N. The smallest absolute Gasteiger partial charge is 0.0299 e. The van der Waals surface area contributed by atoms with Crippen molar-refractivity contribution in [3.8, 4) is 0 Å². The average Bonchev–Trinajstić information content (AvgIpc) is 1.88. The van der Waals surface area contributed by atoms with E-state index in [-0.39, 0.29) is 0 Å². The summed E-state index contributed by atoms with van der Waals surface area (Å²) < 4.78 is 0. The largest absolute Gasteiger partial charge is 0.297 e. The van der Waals surface area contributed by atoms with Crippen LogP contribution < -0.4 is 0 Å². The highest BCUT2D eigenvalue weighted by molar-refractivity contribution is 5.01. The molecule has 1 heteroatoms. The van der Waals surface area contributed by atoms with Crippen molar-refractivity contribution in [2.24, 2.45) is 0 Å². The normalized spacial score (nSPS) is 14.1. The van der Waals surface area contributed by atoms with Crippen molar-refractivity contribution in [2.45, 2.75) is 46.2 Å². The zero-order valence-corrected chi connectivity index (χ0v) is 8.52. The van der Waals surface area contributed by atoms with Crippen molar-refractivity contribution < 1.29 is 0 Å². The molecule has 1 unspecified atom stereocenters. The molecule has 0 radical (unpaired) electrons. The van der Waals surface area contributed by atoms with Gasteiger partial charge in [-0.05, 0) is 34.2 Å². The molecule has 0 aromatic heterocycles. The summed E-state index contributed by atoms with van der Waals surface area (Å²) in [6.07, 6.45) is 1.16. The molecule has 0 aliphatic carbocycles. The maximum Gasteiger partial charge on any atom is 0.0299 e. The summed E-state index contributed by atoms with van der Waals surface area (Å²) in [7, 11) is 2.16. The molecule has 0 bridgehead atoms. The van der Waals surface area contributed by atoms with Crippen LogP contribution in [0.2, 0.25) is 0 Å². The van der Waals surface area contributed by atoms with Gasteiger partial charge >= 0.3 is 0 Å². The number of hydrogen-bond acceptors (Lipinski definition) is 1. The predicted molar refractivity (Wildman–Crippen MR) is 51.8 cm³/mol. The van der Waals surface area contributed by atoms with Gasteiger partial charge in [-0.2, -0.15) is 0 Å². The summed E-state index contributed by atoms with van der Waals surface area (Å²) in [6.45, 7) is 12.7. The lowest BCUT2D eigenvalue weighted by Gasteiger charge is -2.30. The van der Waals surface area contributed by atoms with Crippen LogP contribution in [0.25, 0.3) is 0 Å². The molecule has 0 saturated heterocycles. The number of rotatable bonds is 4. The maximum absolute atomic E-state index is 3.99. The minimum absolute atomic E-state index is 0.551. The fourth-order valence-electron chi connectivity index (χ4n) is 1.34. The van der Waals surface area contributed by atoms with E-state index in [0.29, 0.717) is 12.1 Å². The summed E-state index contributed by atoms with van der Waals surface area (Å²) in [5, 5.41) is 0. The molecule has 1 nitrogen and oxygen atoms in total. The maximum atomic E-state index is 3.99. The number of likely N-dealkylation sites (N-methyl/N-ethyl adjacent to an activating group) is 1. The minimum atomic E-state index is 0.551. The Morgan fingerprint density at radius 1 is 1.45 bits per heavy atom. The molecule has 0 saturated carbocycles. The first-order valence-electron chi connectivity index (χ1n) is 4.38. The van der Waals surface area contributed by atoms with Crippen LogP contribution in [0.4, 0.5) is 0 Å². The van der Waals surface area contributed by atoms with Gasteiger partial charge in [0, 0.05) is 12.1 Å². The van der Waals surface area contributed by atoms with Crippen LogP contribution in [-0.4, -0.2) is 24.0 Å². The first-order valence-corrected chi connectivity index (χ1v) is 4.38. The van der Waals surface area contributed by atoms with Gasteiger partial charge in [0.25, 0.3) is 0 Å². The topological polar surface area (TPSA) is 3.24 Å². The van der Waals surface area contributed by atoms with E-state index in [9.17, 15) is 0 Å². The third-order valence-corrected chi connectivity index (χ3v) is 2.26. The monoisotopic (exact) mass is 155 g/mol. The van der Waals surface area contributed by atoms with Gasteiger partial charge in [-0.1, -0.05) is 19.1 Å². The van der Waals surface area contributed by atoms with Crippen molar-refractivity contribution in [1.29, 1.82) is 0 Å². The molecule has 0 amide bonds. The first-order chi connectivity index (χ1) is 5.00. The average molecular weight is 155 g/mol. The van der Waals surface area contributed by atoms with Gasteiger partial charge in [-0.3, -0.25) is 4.90 Å². The van der Waals surface area contributed by atoms with E-state index in [2.05, 4.69) is 46.2 Å².